The van der Waals surface area contributed by atoms with E-state index in [1.54, 1.807) is 11.4 Å². The van der Waals surface area contributed by atoms with Gasteiger partial charge in [-0.1, -0.05) is 6.07 Å². The van der Waals surface area contributed by atoms with E-state index in [2.05, 4.69) is 5.32 Å². The molecule has 2 heterocycles. The molecule has 0 saturated carbocycles. The first-order valence-electron chi connectivity index (χ1n) is 6.68. The Bertz CT molecular complexity index is 762. The summed E-state index contributed by atoms with van der Waals surface area (Å²) in [6.45, 7) is 0.201. The molecular weight excluding hydrogens is 284 g/mol. The van der Waals surface area contributed by atoms with Gasteiger partial charge in [0.05, 0.1) is 6.10 Å². The minimum absolute atomic E-state index is 0.156. The topological polar surface area (TPSA) is 54.3 Å². The smallest absolute Gasteiger partial charge is 0.252 e. The second kappa shape index (κ2) is 5.71. The average molecular weight is 300 g/mol. The maximum atomic E-state index is 11.8. The van der Waals surface area contributed by atoms with E-state index in [0.717, 1.165) is 16.5 Å². The van der Waals surface area contributed by atoms with Gasteiger partial charge in [-0.15, -0.1) is 0 Å². The van der Waals surface area contributed by atoms with Crippen molar-refractivity contribution in [1.82, 2.24) is 9.88 Å². The first-order chi connectivity index (χ1) is 10.1. The molecule has 0 spiro atoms. The molecule has 0 radical (unpaired) electrons. The molecule has 1 amide bonds. The zero-order chi connectivity index (χ0) is 14.8. The van der Waals surface area contributed by atoms with Gasteiger partial charge >= 0.3 is 0 Å². The van der Waals surface area contributed by atoms with Crippen molar-refractivity contribution in [2.75, 3.05) is 6.54 Å². The van der Waals surface area contributed by atoms with Crippen LogP contribution in [0.15, 0.2) is 47.3 Å². The number of fused-ring (bicyclic) bond motifs is 1. The molecule has 0 aliphatic carbocycles. The normalized spacial score (nSPS) is 12.5. The highest BCUT2D eigenvalue weighted by molar-refractivity contribution is 7.08. The maximum Gasteiger partial charge on any atom is 0.252 e. The molecule has 2 N–H and O–H groups in total. The maximum absolute atomic E-state index is 11.8. The molecule has 2 aromatic heterocycles. The Kier molecular flexibility index (Phi) is 3.77. The number of aromatic nitrogens is 1. The Balaban J connectivity index is 1.69. The summed E-state index contributed by atoms with van der Waals surface area (Å²) in [6.07, 6.45) is 1.27. The van der Waals surface area contributed by atoms with Crippen LogP contribution in [-0.2, 0) is 7.05 Å². The fourth-order valence-electron chi connectivity index (χ4n) is 2.31. The van der Waals surface area contributed by atoms with Gasteiger partial charge in [0.1, 0.15) is 0 Å². The van der Waals surface area contributed by atoms with Crippen molar-refractivity contribution in [3.63, 3.8) is 0 Å². The van der Waals surface area contributed by atoms with E-state index in [1.165, 1.54) is 11.3 Å². The number of rotatable bonds is 4. The third-order valence-corrected chi connectivity index (χ3v) is 4.22. The number of aryl methyl sites for hydroxylation is 1. The average Bonchev–Trinajstić information content (AvgIpc) is 3.14. The third kappa shape index (κ3) is 2.84. The van der Waals surface area contributed by atoms with Crippen LogP contribution in [0.25, 0.3) is 10.9 Å². The summed E-state index contributed by atoms with van der Waals surface area (Å²) >= 11 is 1.48. The molecule has 21 heavy (non-hydrogen) atoms. The van der Waals surface area contributed by atoms with Crippen molar-refractivity contribution >= 4 is 28.1 Å². The van der Waals surface area contributed by atoms with Crippen molar-refractivity contribution < 1.29 is 9.90 Å². The molecule has 5 heteroatoms. The summed E-state index contributed by atoms with van der Waals surface area (Å²) < 4.78 is 2.03. The second-order valence-corrected chi connectivity index (χ2v) is 5.76. The van der Waals surface area contributed by atoms with E-state index in [0.29, 0.717) is 5.56 Å². The lowest BCUT2D eigenvalue weighted by Crippen LogP contribution is -2.28. The zero-order valence-corrected chi connectivity index (χ0v) is 12.4. The quantitative estimate of drug-likeness (QED) is 0.778. The van der Waals surface area contributed by atoms with Crippen LogP contribution in [0.1, 0.15) is 22.0 Å². The van der Waals surface area contributed by atoms with Crippen molar-refractivity contribution in [1.29, 1.82) is 0 Å². The highest BCUT2D eigenvalue weighted by Gasteiger charge is 2.12. The lowest BCUT2D eigenvalue weighted by atomic mass is 10.1. The van der Waals surface area contributed by atoms with E-state index in [9.17, 15) is 9.90 Å². The van der Waals surface area contributed by atoms with Crippen LogP contribution in [0, 0.1) is 0 Å². The number of thiophene rings is 1. The minimum atomic E-state index is -0.711. The zero-order valence-electron chi connectivity index (χ0n) is 11.6. The molecule has 108 valence electrons. The van der Waals surface area contributed by atoms with Crippen molar-refractivity contribution in [2.45, 2.75) is 6.10 Å². The molecule has 0 saturated heterocycles. The van der Waals surface area contributed by atoms with Crippen LogP contribution < -0.4 is 5.32 Å². The van der Waals surface area contributed by atoms with Gasteiger partial charge in [-0.25, -0.2) is 0 Å². The monoisotopic (exact) mass is 300 g/mol. The Morgan fingerprint density at radius 2 is 2.24 bits per heavy atom. The summed E-state index contributed by atoms with van der Waals surface area (Å²) in [7, 11) is 1.99. The number of benzene rings is 1. The molecule has 0 aliphatic rings. The van der Waals surface area contributed by atoms with Crippen LogP contribution in [0.4, 0.5) is 0 Å². The van der Waals surface area contributed by atoms with E-state index in [-0.39, 0.29) is 12.5 Å². The Hall–Kier alpha value is -2.11. The van der Waals surface area contributed by atoms with Crippen LogP contribution in [-0.4, -0.2) is 22.1 Å². The van der Waals surface area contributed by atoms with Crippen LogP contribution in [0.3, 0.4) is 0 Å². The standard InChI is InChI=1S/C16H16N2O2S/c1-18-6-4-11-8-12(2-3-14(11)18)15(19)9-17-16(20)13-5-7-21-10-13/h2-8,10,15,19H,9H2,1H3,(H,17,20). The summed E-state index contributed by atoms with van der Waals surface area (Å²) in [5.74, 6) is -0.156. The summed E-state index contributed by atoms with van der Waals surface area (Å²) in [5, 5.41) is 17.7. The highest BCUT2D eigenvalue weighted by Crippen LogP contribution is 2.20. The van der Waals surface area contributed by atoms with Crippen molar-refractivity contribution in [3.05, 3.63) is 58.4 Å². The molecule has 3 aromatic rings. The molecule has 0 fully saturated rings. The molecule has 1 aromatic carbocycles. The molecule has 0 aliphatic heterocycles. The molecule has 1 unspecified atom stereocenters. The predicted molar refractivity (Wildman–Crippen MR) is 84.5 cm³/mol. The van der Waals surface area contributed by atoms with E-state index < -0.39 is 6.10 Å². The lowest BCUT2D eigenvalue weighted by molar-refractivity contribution is 0.0917. The number of amides is 1. The van der Waals surface area contributed by atoms with Crippen LogP contribution in [0.5, 0.6) is 0 Å². The molecule has 0 bridgehead atoms. The summed E-state index contributed by atoms with van der Waals surface area (Å²) in [4.78, 5) is 11.8. The lowest BCUT2D eigenvalue weighted by Gasteiger charge is -2.12. The first kappa shape index (κ1) is 13.9. The molecular formula is C16H16N2O2S. The van der Waals surface area contributed by atoms with Crippen LogP contribution >= 0.6 is 11.3 Å². The van der Waals surface area contributed by atoms with Gasteiger partial charge in [-0.05, 0) is 40.6 Å². The fourth-order valence-corrected chi connectivity index (χ4v) is 2.95. The number of nitrogens with zero attached hydrogens (tertiary/aromatic N) is 1. The van der Waals surface area contributed by atoms with Crippen molar-refractivity contribution in [2.24, 2.45) is 7.05 Å². The van der Waals surface area contributed by atoms with Gasteiger partial charge in [0.25, 0.3) is 5.91 Å². The van der Waals surface area contributed by atoms with Crippen LogP contribution in [0.2, 0.25) is 0 Å². The molecule has 4 nitrogen and oxygen atoms in total. The number of nitrogens with one attached hydrogen (secondary N) is 1. The van der Waals surface area contributed by atoms with Gasteiger partial charge < -0.3 is 15.0 Å². The predicted octanol–water partition coefficient (Wildman–Crippen LogP) is 2.70. The highest BCUT2D eigenvalue weighted by atomic mass is 32.1. The number of aliphatic hydroxyl groups excluding tert-OH is 1. The number of aliphatic hydroxyl groups is 1. The molecule has 3 rings (SSSR count). The summed E-state index contributed by atoms with van der Waals surface area (Å²) in [6, 6.07) is 9.60. The number of hydrogen-bond donors (Lipinski definition) is 2. The number of carbonyl (C=O) groups excluding carboxylic acids is 1. The van der Waals surface area contributed by atoms with Crippen molar-refractivity contribution in [3.8, 4) is 0 Å². The van der Waals surface area contributed by atoms with E-state index in [1.807, 2.05) is 47.5 Å². The Labute approximate surface area is 126 Å². The summed E-state index contributed by atoms with van der Waals surface area (Å²) in [5.41, 5.74) is 2.55. The third-order valence-electron chi connectivity index (χ3n) is 3.53. The Morgan fingerprint density at radius 1 is 1.38 bits per heavy atom. The van der Waals surface area contributed by atoms with Gasteiger partial charge in [0, 0.05) is 36.2 Å². The first-order valence-corrected chi connectivity index (χ1v) is 7.63. The van der Waals surface area contributed by atoms with Gasteiger partial charge in [0.2, 0.25) is 0 Å². The SMILES string of the molecule is Cn1ccc2cc(C(O)CNC(=O)c3ccsc3)ccc21. The minimum Gasteiger partial charge on any atom is -0.387 e. The fraction of sp³-hybridized carbons (Fsp3) is 0.188. The van der Waals surface area contributed by atoms with E-state index >= 15 is 0 Å². The van der Waals surface area contributed by atoms with Gasteiger partial charge in [0.15, 0.2) is 0 Å². The number of carbonyl (C=O) groups is 1. The second-order valence-electron chi connectivity index (χ2n) is 4.98. The largest absolute Gasteiger partial charge is 0.387 e. The van der Waals surface area contributed by atoms with Gasteiger partial charge in [-0.2, -0.15) is 11.3 Å². The van der Waals surface area contributed by atoms with E-state index in [4.69, 9.17) is 0 Å². The molecule has 1 atom stereocenters. The number of hydrogen-bond acceptors (Lipinski definition) is 3. The Morgan fingerprint density at radius 3 is 3.00 bits per heavy atom. The van der Waals surface area contributed by atoms with Gasteiger partial charge in [-0.3, -0.25) is 4.79 Å².